The Kier molecular flexibility index (Phi) is 4.88. The summed E-state index contributed by atoms with van der Waals surface area (Å²) in [5.41, 5.74) is 8.75. The number of aromatic nitrogens is 2. The molecule has 1 aromatic carbocycles. The van der Waals surface area contributed by atoms with Gasteiger partial charge in [-0.05, 0) is 47.2 Å². The van der Waals surface area contributed by atoms with Crippen LogP contribution in [-0.4, -0.2) is 15.8 Å². The summed E-state index contributed by atoms with van der Waals surface area (Å²) in [6, 6.07) is 14.5. The molecule has 0 amide bonds. The Hall–Kier alpha value is -3.12. The van der Waals surface area contributed by atoms with Crippen LogP contribution in [0, 0.1) is 0 Å². The molecule has 0 bridgehead atoms. The second kappa shape index (κ2) is 7.43. The lowest BCUT2D eigenvalue weighted by molar-refractivity contribution is 1.05. The summed E-state index contributed by atoms with van der Waals surface area (Å²) in [5, 5.41) is 12.2. The van der Waals surface area contributed by atoms with E-state index < -0.39 is 0 Å². The van der Waals surface area contributed by atoms with Crippen molar-refractivity contribution >= 4 is 23.1 Å². The summed E-state index contributed by atoms with van der Waals surface area (Å²) in [6.07, 6.45) is 5.10. The number of nitrogens with two attached hydrogens (primary N) is 1. The van der Waals surface area contributed by atoms with Crippen LogP contribution in [-0.2, 0) is 0 Å². The summed E-state index contributed by atoms with van der Waals surface area (Å²) in [5.74, 6) is 0.189. The molecule has 0 saturated heterocycles. The average molecular weight is 337 g/mol. The van der Waals surface area contributed by atoms with Crippen molar-refractivity contribution in [1.29, 1.82) is 0 Å². The molecule has 7 heteroatoms. The Morgan fingerprint density at radius 1 is 1.00 bits per heavy atom. The Balaban J connectivity index is 1.84. The van der Waals surface area contributed by atoms with E-state index in [1.54, 1.807) is 36.8 Å². The first kappa shape index (κ1) is 15.8. The zero-order valence-corrected chi connectivity index (χ0v) is 13.3. The van der Waals surface area contributed by atoms with Crippen LogP contribution in [0.15, 0.2) is 82.6 Å². The van der Waals surface area contributed by atoms with E-state index in [4.69, 9.17) is 17.3 Å². The Labute approximate surface area is 143 Å². The third-order valence-electron chi connectivity index (χ3n) is 3.12. The molecule has 0 atom stereocenters. The van der Waals surface area contributed by atoms with Crippen LogP contribution in [0.25, 0.3) is 11.1 Å². The smallest absolute Gasteiger partial charge is 0.173 e. The van der Waals surface area contributed by atoms with E-state index in [2.05, 4.69) is 25.4 Å². The Morgan fingerprint density at radius 3 is 2.67 bits per heavy atom. The molecule has 0 aliphatic heterocycles. The third kappa shape index (κ3) is 3.99. The molecule has 24 heavy (non-hydrogen) atoms. The highest BCUT2D eigenvalue weighted by molar-refractivity contribution is 6.31. The molecule has 2 aromatic heterocycles. The topological polar surface area (TPSA) is 88.9 Å². The predicted octanol–water partition coefficient (Wildman–Crippen LogP) is 4.20. The highest BCUT2D eigenvalue weighted by Gasteiger charge is 2.02. The van der Waals surface area contributed by atoms with Gasteiger partial charge in [-0.15, -0.1) is 10.2 Å². The second-order valence-corrected chi connectivity index (χ2v) is 5.27. The van der Waals surface area contributed by atoms with Gasteiger partial charge in [0.05, 0.1) is 5.69 Å². The first-order chi connectivity index (χ1) is 11.7. The van der Waals surface area contributed by atoms with Crippen LogP contribution in [0.4, 0.5) is 5.69 Å². The number of benzene rings is 1. The fourth-order valence-corrected chi connectivity index (χ4v) is 2.25. The van der Waals surface area contributed by atoms with Crippen molar-refractivity contribution in [3.05, 3.63) is 77.8 Å². The minimum atomic E-state index is 0.189. The Morgan fingerprint density at radius 2 is 1.92 bits per heavy atom. The van der Waals surface area contributed by atoms with Crippen LogP contribution in [0.1, 0.15) is 5.69 Å². The van der Waals surface area contributed by atoms with Crippen LogP contribution >= 0.6 is 11.6 Å². The lowest BCUT2D eigenvalue weighted by Crippen LogP contribution is -2.13. The molecule has 118 valence electrons. The molecule has 0 aliphatic rings. The van der Waals surface area contributed by atoms with Crippen molar-refractivity contribution in [2.45, 2.75) is 0 Å². The molecule has 3 aromatic rings. The van der Waals surface area contributed by atoms with Gasteiger partial charge in [0.25, 0.3) is 0 Å². The highest BCUT2D eigenvalue weighted by Crippen LogP contribution is 2.28. The zero-order chi connectivity index (χ0) is 16.8. The molecular weight excluding hydrogens is 324 g/mol. The normalized spacial score (nSPS) is 11.8. The van der Waals surface area contributed by atoms with E-state index in [-0.39, 0.29) is 5.84 Å². The van der Waals surface area contributed by atoms with Crippen molar-refractivity contribution in [3.63, 3.8) is 0 Å². The number of halogens is 1. The number of nitrogens with zero attached hydrogens (tertiary/aromatic N) is 5. The van der Waals surface area contributed by atoms with Gasteiger partial charge in [-0.3, -0.25) is 9.97 Å². The largest absolute Gasteiger partial charge is 0.380 e. The first-order valence-electron chi connectivity index (χ1n) is 7.09. The van der Waals surface area contributed by atoms with Gasteiger partial charge >= 0.3 is 0 Å². The van der Waals surface area contributed by atoms with Crippen molar-refractivity contribution in [2.75, 3.05) is 0 Å². The van der Waals surface area contributed by atoms with Gasteiger partial charge in [0, 0.05) is 29.2 Å². The maximum absolute atomic E-state index is 6.14. The van der Waals surface area contributed by atoms with E-state index in [0.29, 0.717) is 16.4 Å². The third-order valence-corrected chi connectivity index (χ3v) is 3.34. The van der Waals surface area contributed by atoms with Crippen molar-refractivity contribution < 1.29 is 0 Å². The minimum absolute atomic E-state index is 0.189. The lowest BCUT2D eigenvalue weighted by Gasteiger charge is -2.02. The van der Waals surface area contributed by atoms with Gasteiger partial charge in [-0.25, -0.2) is 0 Å². The van der Waals surface area contributed by atoms with Crippen molar-refractivity contribution in [2.24, 2.45) is 21.2 Å². The van der Waals surface area contributed by atoms with Gasteiger partial charge in [0.15, 0.2) is 5.84 Å². The molecule has 0 radical (unpaired) electrons. The maximum atomic E-state index is 6.14. The summed E-state index contributed by atoms with van der Waals surface area (Å²) >= 11 is 6.14. The SMILES string of the molecule is N/C(=N\N=Nc1cc(Cl)cc(-c2cccnc2)c1)c1ccccn1. The van der Waals surface area contributed by atoms with E-state index in [9.17, 15) is 0 Å². The maximum Gasteiger partial charge on any atom is 0.173 e. The van der Waals surface area contributed by atoms with Crippen LogP contribution < -0.4 is 5.73 Å². The second-order valence-electron chi connectivity index (χ2n) is 4.83. The number of hydrogen-bond acceptors (Lipinski definition) is 4. The fraction of sp³-hybridized carbons (Fsp3) is 0. The molecule has 6 nitrogen and oxygen atoms in total. The summed E-state index contributed by atoms with van der Waals surface area (Å²) in [4.78, 5) is 8.18. The molecule has 0 fully saturated rings. The number of hydrogen-bond donors (Lipinski definition) is 1. The van der Waals surface area contributed by atoms with Gasteiger partial charge in [-0.2, -0.15) is 0 Å². The van der Waals surface area contributed by atoms with E-state index in [1.807, 2.05) is 30.3 Å². The summed E-state index contributed by atoms with van der Waals surface area (Å²) in [6.45, 7) is 0. The molecule has 2 N–H and O–H groups in total. The molecule has 0 unspecified atom stereocenters. The molecule has 3 rings (SSSR count). The average Bonchev–Trinajstić information content (AvgIpc) is 2.63. The summed E-state index contributed by atoms with van der Waals surface area (Å²) < 4.78 is 0. The van der Waals surface area contributed by atoms with Crippen molar-refractivity contribution in [1.82, 2.24) is 9.97 Å². The summed E-state index contributed by atoms with van der Waals surface area (Å²) in [7, 11) is 0. The molecule has 0 saturated carbocycles. The van der Waals surface area contributed by atoms with Gasteiger partial charge in [0.1, 0.15) is 5.69 Å². The van der Waals surface area contributed by atoms with Crippen LogP contribution in [0.5, 0.6) is 0 Å². The number of rotatable bonds is 4. The van der Waals surface area contributed by atoms with E-state index >= 15 is 0 Å². The fourth-order valence-electron chi connectivity index (χ4n) is 2.02. The predicted molar refractivity (Wildman–Crippen MR) is 94.2 cm³/mol. The molecular formula is C17H13ClN6. The van der Waals surface area contributed by atoms with Crippen molar-refractivity contribution in [3.8, 4) is 11.1 Å². The van der Waals surface area contributed by atoms with Crippen LogP contribution in [0.2, 0.25) is 5.02 Å². The van der Waals surface area contributed by atoms with Crippen LogP contribution in [0.3, 0.4) is 0 Å². The van der Waals surface area contributed by atoms with E-state index in [0.717, 1.165) is 11.1 Å². The van der Waals surface area contributed by atoms with Gasteiger partial charge < -0.3 is 5.73 Å². The number of pyridine rings is 2. The molecule has 0 aliphatic carbocycles. The minimum Gasteiger partial charge on any atom is -0.380 e. The standard InChI is InChI=1S/C17H13ClN6/c18-14-8-13(12-4-3-6-20-11-12)9-15(10-14)22-24-23-17(19)16-5-1-2-7-21-16/h1-11H,(H2,19,22,23). The lowest BCUT2D eigenvalue weighted by atomic mass is 10.1. The number of amidine groups is 1. The molecule has 2 heterocycles. The van der Waals surface area contributed by atoms with Gasteiger partial charge in [-0.1, -0.05) is 23.7 Å². The highest BCUT2D eigenvalue weighted by atomic mass is 35.5. The van der Waals surface area contributed by atoms with Gasteiger partial charge in [0.2, 0.25) is 0 Å². The Bertz CT molecular complexity index is 878. The first-order valence-corrected chi connectivity index (χ1v) is 7.47. The monoisotopic (exact) mass is 336 g/mol. The quantitative estimate of drug-likeness (QED) is 0.335. The molecule has 0 spiro atoms. The zero-order valence-electron chi connectivity index (χ0n) is 12.5. The van der Waals surface area contributed by atoms with E-state index in [1.165, 1.54) is 0 Å².